The Bertz CT molecular complexity index is 1430. The number of ether oxygens (including phenoxy) is 2. The molecule has 4 rings (SSSR count). The van der Waals surface area contributed by atoms with Gasteiger partial charge in [-0.15, -0.1) is 0 Å². The summed E-state index contributed by atoms with van der Waals surface area (Å²) in [5.74, 6) is 1.23. The minimum absolute atomic E-state index is 0.146. The fourth-order valence-electron chi connectivity index (χ4n) is 4.11. The van der Waals surface area contributed by atoms with Gasteiger partial charge in [-0.1, -0.05) is 37.6 Å². The molecule has 0 saturated carbocycles. The molecule has 0 bridgehead atoms. The smallest absolute Gasteiger partial charge is 0.255 e. The third kappa shape index (κ3) is 6.78. The highest BCUT2D eigenvalue weighted by Crippen LogP contribution is 2.27. The number of benzene rings is 3. The number of anilines is 1. The maximum Gasteiger partial charge on any atom is 0.255 e. The van der Waals surface area contributed by atoms with E-state index in [9.17, 15) is 9.59 Å². The van der Waals surface area contributed by atoms with Gasteiger partial charge in [0.15, 0.2) is 0 Å². The zero-order valence-electron chi connectivity index (χ0n) is 22.3. The molecule has 1 heterocycles. The van der Waals surface area contributed by atoms with Crippen molar-refractivity contribution in [2.75, 3.05) is 32.6 Å². The molecule has 202 valence electrons. The van der Waals surface area contributed by atoms with Crippen LogP contribution in [-0.2, 0) is 4.79 Å². The third-order valence-corrected chi connectivity index (χ3v) is 6.33. The van der Waals surface area contributed by atoms with Crippen LogP contribution in [0.4, 0.5) is 5.95 Å². The molecule has 8 nitrogen and oxygen atoms in total. The predicted molar refractivity (Wildman–Crippen MR) is 153 cm³/mol. The number of halogens is 1. The second kappa shape index (κ2) is 12.5. The summed E-state index contributed by atoms with van der Waals surface area (Å²) in [7, 11) is 3.21. The van der Waals surface area contributed by atoms with Crippen molar-refractivity contribution < 1.29 is 19.1 Å². The molecule has 0 aliphatic rings. The van der Waals surface area contributed by atoms with Crippen molar-refractivity contribution in [2.45, 2.75) is 13.8 Å². The van der Waals surface area contributed by atoms with Crippen molar-refractivity contribution >= 4 is 29.4 Å². The number of nitrogens with one attached hydrogen (secondary N) is 1. The van der Waals surface area contributed by atoms with Crippen LogP contribution in [0.25, 0.3) is 16.9 Å². The van der Waals surface area contributed by atoms with Crippen LogP contribution in [-0.4, -0.2) is 53.6 Å². The molecule has 39 heavy (non-hydrogen) atoms. The molecule has 0 aliphatic heterocycles. The first-order valence-corrected chi connectivity index (χ1v) is 12.9. The van der Waals surface area contributed by atoms with E-state index in [1.54, 1.807) is 43.1 Å². The van der Waals surface area contributed by atoms with Crippen molar-refractivity contribution in [3.05, 3.63) is 89.6 Å². The molecule has 0 atom stereocenters. The fraction of sp³-hybridized carbons (Fsp3) is 0.233. The molecule has 0 aliphatic carbocycles. The van der Waals surface area contributed by atoms with Crippen molar-refractivity contribution in [1.82, 2.24) is 14.5 Å². The predicted octanol–water partition coefficient (Wildman–Crippen LogP) is 5.95. The first kappa shape index (κ1) is 27.7. The Morgan fingerprint density at radius 2 is 1.56 bits per heavy atom. The monoisotopic (exact) mass is 546 g/mol. The number of amides is 2. The van der Waals surface area contributed by atoms with E-state index < -0.39 is 0 Å². The number of carbonyl (C=O) groups excluding carboxylic acids is 2. The zero-order valence-corrected chi connectivity index (χ0v) is 23.1. The van der Waals surface area contributed by atoms with Crippen molar-refractivity contribution in [2.24, 2.45) is 5.92 Å². The Hall–Kier alpha value is -4.30. The fourth-order valence-corrected chi connectivity index (χ4v) is 4.33. The summed E-state index contributed by atoms with van der Waals surface area (Å²) in [5.41, 5.74) is 2.66. The molecule has 4 aromatic rings. The van der Waals surface area contributed by atoms with Gasteiger partial charge in [-0.05, 0) is 66.6 Å². The van der Waals surface area contributed by atoms with Crippen LogP contribution in [0.1, 0.15) is 24.2 Å². The first-order chi connectivity index (χ1) is 18.8. The van der Waals surface area contributed by atoms with Crippen molar-refractivity contribution in [3.8, 4) is 28.4 Å². The van der Waals surface area contributed by atoms with Gasteiger partial charge in [0, 0.05) is 24.0 Å². The number of nitrogens with zero attached hydrogens (tertiary/aromatic N) is 3. The van der Waals surface area contributed by atoms with Gasteiger partial charge < -0.3 is 14.4 Å². The molecule has 0 spiro atoms. The Labute approximate surface area is 233 Å². The van der Waals surface area contributed by atoms with Crippen LogP contribution in [0.15, 0.2) is 79.0 Å². The molecule has 1 aromatic heterocycles. The summed E-state index contributed by atoms with van der Waals surface area (Å²) >= 11 is 6.28. The van der Waals surface area contributed by atoms with E-state index >= 15 is 0 Å². The van der Waals surface area contributed by atoms with Gasteiger partial charge in [-0.3, -0.25) is 19.5 Å². The molecule has 1 N–H and O–H groups in total. The quantitative estimate of drug-likeness (QED) is 0.266. The summed E-state index contributed by atoms with van der Waals surface area (Å²) in [6.45, 7) is 4.21. The molecule has 0 saturated heterocycles. The standard InChI is InChI=1S/C30H31ClN4O4/c1-20(2)17-34(29(37)25-7-5-6-8-26(25)31)19-28(36)33-30-32-27(21-9-13-23(38-3)14-10-21)18-35(30)22-11-15-24(39-4)16-12-22/h5-16,18,20H,17,19H2,1-4H3,(H,32,33,36). The van der Waals surface area contributed by atoms with Crippen LogP contribution in [0.2, 0.25) is 5.02 Å². The maximum absolute atomic E-state index is 13.3. The number of rotatable bonds is 10. The lowest BCUT2D eigenvalue weighted by atomic mass is 10.1. The normalized spacial score (nSPS) is 10.8. The Kier molecular flexibility index (Phi) is 8.88. The maximum atomic E-state index is 13.3. The highest BCUT2D eigenvalue weighted by molar-refractivity contribution is 6.33. The van der Waals surface area contributed by atoms with Gasteiger partial charge in [0.1, 0.15) is 18.0 Å². The van der Waals surface area contributed by atoms with E-state index in [1.165, 1.54) is 4.90 Å². The molecule has 9 heteroatoms. The number of hydrogen-bond donors (Lipinski definition) is 1. The molecule has 0 unspecified atom stereocenters. The van der Waals surface area contributed by atoms with Crippen molar-refractivity contribution in [3.63, 3.8) is 0 Å². The van der Waals surface area contributed by atoms with Crippen LogP contribution < -0.4 is 14.8 Å². The van der Waals surface area contributed by atoms with Gasteiger partial charge in [-0.25, -0.2) is 4.98 Å². The lowest BCUT2D eigenvalue weighted by molar-refractivity contribution is -0.117. The number of carbonyl (C=O) groups is 2. The molecule has 2 amide bonds. The van der Waals surface area contributed by atoms with E-state index in [1.807, 2.05) is 68.6 Å². The Balaban J connectivity index is 1.63. The summed E-state index contributed by atoms with van der Waals surface area (Å²) in [5, 5.41) is 3.25. The summed E-state index contributed by atoms with van der Waals surface area (Å²) in [6, 6.07) is 21.8. The number of imidazole rings is 1. The SMILES string of the molecule is COc1ccc(-c2cn(-c3ccc(OC)cc3)c(NC(=O)CN(CC(C)C)C(=O)c3ccccc3Cl)n2)cc1. The minimum atomic E-state index is -0.377. The average molecular weight is 547 g/mol. The molecular formula is C30H31ClN4O4. The Morgan fingerprint density at radius 1 is 0.949 bits per heavy atom. The van der Waals surface area contributed by atoms with E-state index in [-0.39, 0.29) is 24.3 Å². The summed E-state index contributed by atoms with van der Waals surface area (Å²) < 4.78 is 12.3. The van der Waals surface area contributed by atoms with Gasteiger partial charge in [0.25, 0.3) is 5.91 Å². The van der Waals surface area contributed by atoms with Crippen LogP contribution >= 0.6 is 11.6 Å². The molecule has 0 fully saturated rings. The van der Waals surface area contributed by atoms with E-state index in [2.05, 4.69) is 5.32 Å². The van der Waals surface area contributed by atoms with Crippen LogP contribution in [0, 0.1) is 5.92 Å². The second-order valence-electron chi connectivity index (χ2n) is 9.35. The van der Waals surface area contributed by atoms with Gasteiger partial charge in [0.05, 0.1) is 30.5 Å². The van der Waals surface area contributed by atoms with Crippen LogP contribution in [0.5, 0.6) is 11.5 Å². The lowest BCUT2D eigenvalue weighted by Crippen LogP contribution is -2.40. The van der Waals surface area contributed by atoms with E-state index in [0.29, 0.717) is 34.5 Å². The molecule has 3 aromatic carbocycles. The highest BCUT2D eigenvalue weighted by Gasteiger charge is 2.23. The number of hydrogen-bond acceptors (Lipinski definition) is 5. The second-order valence-corrected chi connectivity index (χ2v) is 9.76. The number of methoxy groups -OCH3 is 2. The first-order valence-electron chi connectivity index (χ1n) is 12.5. The van der Waals surface area contributed by atoms with Gasteiger partial charge in [0.2, 0.25) is 11.9 Å². The molecular weight excluding hydrogens is 516 g/mol. The van der Waals surface area contributed by atoms with Crippen molar-refractivity contribution in [1.29, 1.82) is 0 Å². The largest absolute Gasteiger partial charge is 0.497 e. The van der Waals surface area contributed by atoms with E-state index in [4.69, 9.17) is 26.1 Å². The van der Waals surface area contributed by atoms with Gasteiger partial charge >= 0.3 is 0 Å². The van der Waals surface area contributed by atoms with Crippen LogP contribution in [0.3, 0.4) is 0 Å². The minimum Gasteiger partial charge on any atom is -0.497 e. The number of aromatic nitrogens is 2. The average Bonchev–Trinajstić information content (AvgIpc) is 3.35. The lowest BCUT2D eigenvalue weighted by Gasteiger charge is -2.24. The highest BCUT2D eigenvalue weighted by atomic mass is 35.5. The topological polar surface area (TPSA) is 85.7 Å². The van der Waals surface area contributed by atoms with E-state index in [0.717, 1.165) is 17.0 Å². The Morgan fingerprint density at radius 3 is 2.15 bits per heavy atom. The summed E-state index contributed by atoms with van der Waals surface area (Å²) in [4.78, 5) is 32.8. The third-order valence-electron chi connectivity index (χ3n) is 6.01. The summed E-state index contributed by atoms with van der Waals surface area (Å²) in [6.07, 6.45) is 1.85. The zero-order chi connectivity index (χ0) is 27.9. The van der Waals surface area contributed by atoms with Gasteiger partial charge in [-0.2, -0.15) is 0 Å². The molecule has 0 radical (unpaired) electrons.